The lowest BCUT2D eigenvalue weighted by molar-refractivity contribution is -0.137. The van der Waals surface area contributed by atoms with E-state index < -0.39 is 11.7 Å². The van der Waals surface area contributed by atoms with E-state index in [0.29, 0.717) is 10.8 Å². The molecule has 0 saturated heterocycles. The summed E-state index contributed by atoms with van der Waals surface area (Å²) in [4.78, 5) is 25.7. The Morgan fingerprint density at radius 1 is 1.08 bits per heavy atom. The molecule has 1 aliphatic carbocycles. The molecule has 1 amide bonds. The molecule has 6 nitrogen and oxygen atoms in total. The number of ether oxygens (including phenoxy) is 1. The third-order valence-corrected chi connectivity index (χ3v) is 6.82. The number of nitrogens with zero attached hydrogens (tertiary/aromatic N) is 3. The van der Waals surface area contributed by atoms with Gasteiger partial charge in [0.15, 0.2) is 5.01 Å². The third-order valence-electron chi connectivity index (χ3n) is 5.84. The van der Waals surface area contributed by atoms with Crippen molar-refractivity contribution in [3.63, 3.8) is 0 Å². The van der Waals surface area contributed by atoms with Crippen LogP contribution in [-0.4, -0.2) is 26.9 Å². The molecule has 10 heteroatoms. The first-order valence-corrected chi connectivity index (χ1v) is 12.2. The van der Waals surface area contributed by atoms with Crippen molar-refractivity contribution in [3.05, 3.63) is 82.6 Å². The van der Waals surface area contributed by atoms with E-state index in [1.807, 2.05) is 24.3 Å². The zero-order valence-electron chi connectivity index (χ0n) is 19.0. The second-order valence-corrected chi connectivity index (χ2v) is 9.43. The first kappa shape index (κ1) is 23.9. The molecule has 0 radical (unpaired) electrons. The van der Waals surface area contributed by atoms with Gasteiger partial charge in [0, 0.05) is 24.5 Å². The summed E-state index contributed by atoms with van der Waals surface area (Å²) >= 11 is 1.29. The van der Waals surface area contributed by atoms with E-state index in [1.54, 1.807) is 18.3 Å². The summed E-state index contributed by atoms with van der Waals surface area (Å²) < 4.78 is 43.8. The van der Waals surface area contributed by atoms with Gasteiger partial charge in [0.2, 0.25) is 5.88 Å². The van der Waals surface area contributed by atoms with Crippen LogP contribution in [0.2, 0.25) is 0 Å². The summed E-state index contributed by atoms with van der Waals surface area (Å²) in [6.45, 7) is 0. The Morgan fingerprint density at radius 3 is 2.64 bits per heavy atom. The van der Waals surface area contributed by atoms with Crippen molar-refractivity contribution in [2.24, 2.45) is 0 Å². The number of thiazole rings is 1. The number of aromatic nitrogens is 3. The number of nitrogens with one attached hydrogen (secondary N) is 1. The van der Waals surface area contributed by atoms with E-state index >= 15 is 0 Å². The van der Waals surface area contributed by atoms with Gasteiger partial charge in [-0.2, -0.15) is 13.2 Å². The highest BCUT2D eigenvalue weighted by molar-refractivity contribution is 7.19. The van der Waals surface area contributed by atoms with Gasteiger partial charge in [-0.3, -0.25) is 4.79 Å². The minimum atomic E-state index is -4.44. The number of allylic oxidation sites excluding steroid dienone is 1. The Kier molecular flexibility index (Phi) is 6.69. The van der Waals surface area contributed by atoms with E-state index in [2.05, 4.69) is 26.3 Å². The van der Waals surface area contributed by atoms with Crippen molar-refractivity contribution in [2.75, 3.05) is 0 Å². The molecule has 1 aromatic carbocycles. The predicted molar refractivity (Wildman–Crippen MR) is 131 cm³/mol. The fraction of sp³-hybridized carbons (Fsp3) is 0.231. The third kappa shape index (κ3) is 5.71. The van der Waals surface area contributed by atoms with Gasteiger partial charge in [0.1, 0.15) is 16.1 Å². The molecule has 1 aliphatic rings. The molecule has 1 saturated carbocycles. The lowest BCUT2D eigenvalue weighted by Gasteiger charge is -2.24. The van der Waals surface area contributed by atoms with Crippen LogP contribution in [0.5, 0.6) is 11.6 Å². The summed E-state index contributed by atoms with van der Waals surface area (Å²) in [5.41, 5.74) is 2.09. The van der Waals surface area contributed by atoms with Gasteiger partial charge in [0.05, 0.1) is 5.56 Å². The SMILES string of the molecule is O=C(NC1CCC(=Cc2cccc(Oc3ccc(C(F)(F)F)cn3)c2)CC1)c1nc2cccnc2s1. The summed E-state index contributed by atoms with van der Waals surface area (Å²) in [5.74, 6) is 0.410. The molecule has 1 fully saturated rings. The lowest BCUT2D eigenvalue weighted by atomic mass is 9.89. The van der Waals surface area contributed by atoms with Gasteiger partial charge < -0.3 is 10.1 Å². The van der Waals surface area contributed by atoms with Gasteiger partial charge in [-0.1, -0.05) is 35.1 Å². The van der Waals surface area contributed by atoms with Crippen LogP contribution in [-0.2, 0) is 6.18 Å². The molecule has 1 N–H and O–H groups in total. The van der Waals surface area contributed by atoms with Crippen LogP contribution in [0.1, 0.15) is 46.6 Å². The number of benzene rings is 1. The molecule has 0 atom stereocenters. The molecule has 0 bridgehead atoms. The van der Waals surface area contributed by atoms with Gasteiger partial charge in [-0.05, 0) is 61.6 Å². The van der Waals surface area contributed by atoms with Crippen molar-refractivity contribution in [1.29, 1.82) is 0 Å². The predicted octanol–water partition coefficient (Wildman–Crippen LogP) is 6.65. The van der Waals surface area contributed by atoms with E-state index in [9.17, 15) is 18.0 Å². The zero-order chi connectivity index (χ0) is 25.1. The van der Waals surface area contributed by atoms with Gasteiger partial charge >= 0.3 is 6.18 Å². The highest BCUT2D eigenvalue weighted by atomic mass is 32.1. The fourth-order valence-corrected chi connectivity index (χ4v) is 4.83. The highest BCUT2D eigenvalue weighted by Gasteiger charge is 2.30. The number of fused-ring (bicyclic) bond motifs is 1. The maximum atomic E-state index is 12.7. The van der Waals surface area contributed by atoms with Crippen LogP contribution in [0.4, 0.5) is 13.2 Å². The van der Waals surface area contributed by atoms with Crippen LogP contribution in [0.3, 0.4) is 0 Å². The number of carbonyl (C=O) groups excluding carboxylic acids is 1. The maximum Gasteiger partial charge on any atom is 0.417 e. The molecule has 5 rings (SSSR count). The summed E-state index contributed by atoms with van der Waals surface area (Å²) in [6.07, 6.45) is 3.43. The number of amides is 1. The molecule has 0 aliphatic heterocycles. The van der Waals surface area contributed by atoms with Crippen molar-refractivity contribution in [1.82, 2.24) is 20.3 Å². The normalized spacial score (nSPS) is 16.1. The summed E-state index contributed by atoms with van der Waals surface area (Å²) in [7, 11) is 0. The number of pyridine rings is 2. The number of alkyl halides is 3. The van der Waals surface area contributed by atoms with E-state index in [4.69, 9.17) is 4.74 Å². The van der Waals surface area contributed by atoms with Crippen molar-refractivity contribution in [3.8, 4) is 11.6 Å². The number of halogens is 3. The average Bonchev–Trinajstić information content (AvgIpc) is 3.30. The van der Waals surface area contributed by atoms with E-state index in [-0.39, 0.29) is 17.8 Å². The number of carbonyl (C=O) groups is 1. The Bertz CT molecular complexity index is 1370. The zero-order valence-corrected chi connectivity index (χ0v) is 19.8. The second kappa shape index (κ2) is 10.1. The molecule has 184 valence electrons. The molecule has 4 aromatic rings. The van der Waals surface area contributed by atoms with Crippen LogP contribution in [0, 0.1) is 0 Å². The quantitative estimate of drug-likeness (QED) is 0.325. The van der Waals surface area contributed by atoms with Crippen molar-refractivity contribution < 1.29 is 22.7 Å². The second-order valence-electron chi connectivity index (χ2n) is 8.45. The van der Waals surface area contributed by atoms with Crippen molar-refractivity contribution >= 4 is 33.7 Å². The minimum absolute atomic E-state index is 0.0787. The standard InChI is InChI=1S/C26H21F3N4O2S/c27-26(28,29)18-8-11-22(31-15-18)35-20-4-1-3-17(14-20)13-16-6-9-19(10-7-16)32-23(34)25-33-21-5-2-12-30-24(21)36-25/h1-5,8,11-15,19H,6-7,9-10H2,(H,32,34). The molecule has 3 heterocycles. The number of hydrogen-bond donors (Lipinski definition) is 1. The molecular weight excluding hydrogens is 489 g/mol. The van der Waals surface area contributed by atoms with E-state index in [0.717, 1.165) is 53.9 Å². The Morgan fingerprint density at radius 2 is 1.92 bits per heavy atom. The molecule has 0 unspecified atom stereocenters. The van der Waals surface area contributed by atoms with Crippen molar-refractivity contribution in [2.45, 2.75) is 37.9 Å². The summed E-state index contributed by atoms with van der Waals surface area (Å²) in [6, 6.07) is 13.2. The number of rotatable bonds is 5. The van der Waals surface area contributed by atoms with E-state index in [1.165, 1.54) is 23.0 Å². The average molecular weight is 511 g/mol. The largest absolute Gasteiger partial charge is 0.439 e. The van der Waals surface area contributed by atoms with Crippen LogP contribution in [0.15, 0.2) is 66.5 Å². The fourth-order valence-electron chi connectivity index (χ4n) is 4.02. The first-order chi connectivity index (χ1) is 17.3. The molecule has 3 aromatic heterocycles. The van der Waals surface area contributed by atoms with Crippen LogP contribution < -0.4 is 10.1 Å². The molecular formula is C26H21F3N4O2S. The van der Waals surface area contributed by atoms with Gasteiger partial charge in [0.25, 0.3) is 5.91 Å². The highest BCUT2D eigenvalue weighted by Crippen LogP contribution is 2.31. The summed E-state index contributed by atoms with van der Waals surface area (Å²) in [5, 5.41) is 3.51. The Labute approximate surface area is 208 Å². The van der Waals surface area contributed by atoms with Crippen LogP contribution in [0.25, 0.3) is 16.4 Å². The van der Waals surface area contributed by atoms with Gasteiger partial charge in [-0.25, -0.2) is 15.0 Å². The first-order valence-electron chi connectivity index (χ1n) is 11.4. The number of hydrogen-bond acceptors (Lipinski definition) is 6. The smallest absolute Gasteiger partial charge is 0.417 e. The Hall–Kier alpha value is -3.79. The maximum absolute atomic E-state index is 12.7. The minimum Gasteiger partial charge on any atom is -0.439 e. The lowest BCUT2D eigenvalue weighted by Crippen LogP contribution is -2.36. The monoisotopic (exact) mass is 510 g/mol. The molecule has 36 heavy (non-hydrogen) atoms. The van der Waals surface area contributed by atoms with Gasteiger partial charge in [-0.15, -0.1) is 0 Å². The van der Waals surface area contributed by atoms with Crippen LogP contribution >= 0.6 is 11.3 Å². The Balaban J connectivity index is 1.17. The molecule has 0 spiro atoms. The topological polar surface area (TPSA) is 77.0 Å².